The summed E-state index contributed by atoms with van der Waals surface area (Å²) in [5.74, 6) is 1.39. The molecule has 0 amide bonds. The molecule has 0 saturated carbocycles. The lowest BCUT2D eigenvalue weighted by atomic mass is 10.1. The highest BCUT2D eigenvalue weighted by Gasteiger charge is 2.31. The Morgan fingerprint density at radius 3 is 2.50 bits per heavy atom. The number of hydrogen-bond acceptors (Lipinski definition) is 5. The van der Waals surface area contributed by atoms with E-state index in [2.05, 4.69) is 15.3 Å². The predicted octanol–water partition coefficient (Wildman–Crippen LogP) is 6.41. The Labute approximate surface area is 206 Å². The van der Waals surface area contributed by atoms with Crippen LogP contribution in [-0.4, -0.2) is 40.1 Å². The van der Waals surface area contributed by atoms with Gasteiger partial charge in [0.2, 0.25) is 0 Å². The predicted molar refractivity (Wildman–Crippen MR) is 133 cm³/mol. The van der Waals surface area contributed by atoms with Gasteiger partial charge in [-0.3, -0.25) is 4.90 Å². The maximum absolute atomic E-state index is 13.4. The summed E-state index contributed by atoms with van der Waals surface area (Å²) in [4.78, 5) is 11.0. The highest BCUT2D eigenvalue weighted by Crippen LogP contribution is 2.37. The van der Waals surface area contributed by atoms with Crippen molar-refractivity contribution in [2.45, 2.75) is 12.2 Å². The first-order valence-corrected chi connectivity index (χ1v) is 11.4. The molecular formula is C27H24F3N5O. The largest absolute Gasteiger partial charge is 0.468 e. The van der Waals surface area contributed by atoms with Crippen LogP contribution in [0.1, 0.15) is 17.4 Å². The molecule has 5 aromatic rings. The maximum atomic E-state index is 13.4. The average molecular weight is 492 g/mol. The first kappa shape index (κ1) is 23.6. The van der Waals surface area contributed by atoms with Gasteiger partial charge in [-0.05, 0) is 50.0 Å². The van der Waals surface area contributed by atoms with Gasteiger partial charge in [0.1, 0.15) is 17.9 Å². The van der Waals surface area contributed by atoms with Crippen molar-refractivity contribution >= 4 is 16.9 Å². The normalized spacial score (nSPS) is 12.8. The minimum atomic E-state index is -4.45. The molecule has 0 bridgehead atoms. The summed E-state index contributed by atoms with van der Waals surface area (Å²) in [6.07, 6.45) is 0.416. The van der Waals surface area contributed by atoms with Crippen molar-refractivity contribution in [2.75, 3.05) is 26.0 Å². The van der Waals surface area contributed by atoms with E-state index < -0.39 is 11.7 Å². The molecule has 0 saturated heterocycles. The number of hydrogen-bond donors (Lipinski definition) is 1. The van der Waals surface area contributed by atoms with Crippen LogP contribution < -0.4 is 5.32 Å². The van der Waals surface area contributed by atoms with Gasteiger partial charge in [-0.25, -0.2) is 9.97 Å². The van der Waals surface area contributed by atoms with Crippen molar-refractivity contribution in [2.24, 2.45) is 0 Å². The summed E-state index contributed by atoms with van der Waals surface area (Å²) in [6.45, 7) is 0.496. The van der Waals surface area contributed by atoms with Crippen LogP contribution in [0.2, 0.25) is 0 Å². The molecule has 1 atom stereocenters. The molecule has 36 heavy (non-hydrogen) atoms. The zero-order chi connectivity index (χ0) is 25.3. The summed E-state index contributed by atoms with van der Waals surface area (Å²) >= 11 is 0. The molecule has 0 fully saturated rings. The lowest BCUT2D eigenvalue weighted by Gasteiger charge is -2.23. The Morgan fingerprint density at radius 1 is 1.00 bits per heavy atom. The number of anilines is 1. The summed E-state index contributed by atoms with van der Waals surface area (Å²) in [5, 5.41) is 4.14. The van der Waals surface area contributed by atoms with Crippen molar-refractivity contribution in [1.82, 2.24) is 19.4 Å². The van der Waals surface area contributed by atoms with E-state index in [1.54, 1.807) is 16.9 Å². The number of nitrogens with zero attached hydrogens (tertiary/aromatic N) is 4. The van der Waals surface area contributed by atoms with Gasteiger partial charge in [-0.2, -0.15) is 13.2 Å². The number of likely N-dealkylation sites (N-methyl/N-ethyl adjacent to an activating group) is 1. The highest BCUT2D eigenvalue weighted by atomic mass is 19.4. The number of aromatic nitrogens is 3. The van der Waals surface area contributed by atoms with E-state index in [0.29, 0.717) is 23.7 Å². The van der Waals surface area contributed by atoms with Gasteiger partial charge in [0, 0.05) is 24.0 Å². The van der Waals surface area contributed by atoms with Crippen LogP contribution in [0.25, 0.3) is 27.8 Å². The third-order valence-electron chi connectivity index (χ3n) is 6.08. The fourth-order valence-electron chi connectivity index (χ4n) is 4.27. The monoisotopic (exact) mass is 491 g/mol. The number of benzene rings is 2. The minimum Gasteiger partial charge on any atom is -0.468 e. The smallest absolute Gasteiger partial charge is 0.416 e. The van der Waals surface area contributed by atoms with E-state index in [0.717, 1.165) is 34.4 Å². The van der Waals surface area contributed by atoms with Crippen LogP contribution in [0.5, 0.6) is 0 Å². The fraction of sp³-hybridized carbons (Fsp3) is 0.185. The van der Waals surface area contributed by atoms with Crippen molar-refractivity contribution in [1.29, 1.82) is 0 Å². The quantitative estimate of drug-likeness (QED) is 0.285. The van der Waals surface area contributed by atoms with Crippen LogP contribution >= 0.6 is 0 Å². The Bertz CT molecular complexity index is 1460. The second-order valence-corrected chi connectivity index (χ2v) is 8.62. The number of halogens is 3. The molecule has 2 aromatic carbocycles. The van der Waals surface area contributed by atoms with Crippen molar-refractivity contribution in [3.8, 4) is 16.8 Å². The molecule has 5 rings (SSSR count). The molecule has 0 aliphatic rings. The summed E-state index contributed by atoms with van der Waals surface area (Å²) < 4.78 is 47.6. The van der Waals surface area contributed by atoms with Gasteiger partial charge < -0.3 is 14.3 Å². The molecule has 0 aliphatic heterocycles. The number of nitrogens with one attached hydrogen (secondary N) is 1. The topological polar surface area (TPSA) is 59.1 Å². The van der Waals surface area contributed by atoms with Gasteiger partial charge >= 0.3 is 6.18 Å². The summed E-state index contributed by atoms with van der Waals surface area (Å²) in [7, 11) is 3.92. The van der Waals surface area contributed by atoms with Gasteiger partial charge in [0.05, 0.1) is 23.3 Å². The zero-order valence-corrected chi connectivity index (χ0v) is 19.7. The Hall–Kier alpha value is -4.11. The van der Waals surface area contributed by atoms with E-state index in [9.17, 15) is 13.2 Å². The lowest BCUT2D eigenvalue weighted by Crippen LogP contribution is -2.26. The second-order valence-electron chi connectivity index (χ2n) is 8.62. The fourth-order valence-corrected chi connectivity index (χ4v) is 4.27. The van der Waals surface area contributed by atoms with Crippen LogP contribution in [0.15, 0.2) is 89.9 Å². The Kier molecular flexibility index (Phi) is 6.24. The molecule has 1 N–H and O–H groups in total. The molecule has 0 spiro atoms. The van der Waals surface area contributed by atoms with Crippen LogP contribution in [0, 0.1) is 0 Å². The molecule has 0 unspecified atom stereocenters. The minimum absolute atomic E-state index is 0.0595. The molecule has 3 aromatic heterocycles. The second kappa shape index (κ2) is 9.50. The van der Waals surface area contributed by atoms with E-state index in [1.165, 1.54) is 12.4 Å². The first-order valence-electron chi connectivity index (χ1n) is 11.4. The van der Waals surface area contributed by atoms with Crippen LogP contribution in [0.4, 0.5) is 19.0 Å². The Balaban J connectivity index is 1.63. The van der Waals surface area contributed by atoms with Crippen LogP contribution in [0.3, 0.4) is 0 Å². The van der Waals surface area contributed by atoms with Gasteiger partial charge in [-0.15, -0.1) is 0 Å². The lowest BCUT2D eigenvalue weighted by molar-refractivity contribution is -0.137. The maximum Gasteiger partial charge on any atom is 0.416 e. The molecule has 3 heterocycles. The van der Waals surface area contributed by atoms with Gasteiger partial charge in [0.15, 0.2) is 5.65 Å². The standard InChI is InChI=1S/C27H24F3N5O/c1-34(2)22(23-12-7-13-36-23)15-31-25-24-21(18-8-4-3-5-9-18)16-35(26(24)33-17-32-25)20-11-6-10-19(14-20)27(28,29)30/h3-14,16-17,22H,15H2,1-2H3,(H,31,32,33)/t22-/m0/s1. The number of rotatable bonds is 7. The molecular weight excluding hydrogens is 467 g/mol. The van der Waals surface area contributed by atoms with Gasteiger partial charge in [-0.1, -0.05) is 36.4 Å². The number of furan rings is 1. The zero-order valence-electron chi connectivity index (χ0n) is 19.7. The van der Waals surface area contributed by atoms with Crippen molar-refractivity contribution in [3.05, 3.63) is 96.8 Å². The van der Waals surface area contributed by atoms with E-state index in [1.807, 2.05) is 67.7 Å². The van der Waals surface area contributed by atoms with Crippen LogP contribution in [-0.2, 0) is 6.18 Å². The third kappa shape index (κ3) is 4.57. The number of alkyl halides is 3. The molecule has 184 valence electrons. The van der Waals surface area contributed by atoms with Crippen molar-refractivity contribution in [3.63, 3.8) is 0 Å². The molecule has 0 aliphatic carbocycles. The van der Waals surface area contributed by atoms with E-state index >= 15 is 0 Å². The summed E-state index contributed by atoms with van der Waals surface area (Å²) in [6, 6.07) is 18.6. The summed E-state index contributed by atoms with van der Waals surface area (Å²) in [5.41, 5.74) is 1.86. The Morgan fingerprint density at radius 2 is 1.81 bits per heavy atom. The molecule has 6 nitrogen and oxygen atoms in total. The first-order chi connectivity index (χ1) is 17.3. The number of fused-ring (bicyclic) bond motifs is 1. The van der Waals surface area contributed by atoms with E-state index in [-0.39, 0.29) is 6.04 Å². The van der Waals surface area contributed by atoms with Gasteiger partial charge in [0.25, 0.3) is 0 Å². The highest BCUT2D eigenvalue weighted by molar-refractivity contribution is 6.02. The molecule has 9 heteroatoms. The van der Waals surface area contributed by atoms with E-state index in [4.69, 9.17) is 4.42 Å². The van der Waals surface area contributed by atoms with Crippen molar-refractivity contribution < 1.29 is 17.6 Å². The third-order valence-corrected chi connectivity index (χ3v) is 6.08. The average Bonchev–Trinajstić information content (AvgIpc) is 3.53. The SMILES string of the molecule is CN(C)[C@@H](CNc1ncnc2c1c(-c1ccccc1)cn2-c1cccc(C(F)(F)F)c1)c1ccco1. The molecule has 0 radical (unpaired) electrons.